The number of aryl methyl sites for hydroxylation is 1. The van der Waals surface area contributed by atoms with Crippen LogP contribution in [0.2, 0.25) is 0 Å². The van der Waals surface area contributed by atoms with E-state index in [0.717, 1.165) is 36.1 Å². The second-order valence-corrected chi connectivity index (χ2v) is 6.24. The van der Waals surface area contributed by atoms with E-state index in [-0.39, 0.29) is 11.8 Å². The summed E-state index contributed by atoms with van der Waals surface area (Å²) in [6.07, 6.45) is 9.54. The fourth-order valence-electron chi connectivity index (χ4n) is 3.18. The van der Waals surface area contributed by atoms with E-state index in [1.54, 1.807) is 36.9 Å². The molecule has 0 aromatic carbocycles. The fraction of sp³-hybridized carbons (Fsp3) is 0.263. The van der Waals surface area contributed by atoms with Crippen LogP contribution in [-0.2, 0) is 17.8 Å². The van der Waals surface area contributed by atoms with E-state index in [0.29, 0.717) is 18.2 Å². The standard InChI is InChI=1S/C19H19N5O2/c25-19(14-5-1-6-16-15(14)11-22-24-16)23-18-17(7-3-9-21-18)26-12-13-4-2-8-20-10-13/h2-4,7-11,14H,1,5-6,12H2,(H,22,24)(H,21,23,25)/t14-/m0/s1. The number of hydrogen-bond donors (Lipinski definition) is 2. The van der Waals surface area contributed by atoms with Crippen molar-refractivity contribution in [3.05, 3.63) is 65.9 Å². The Morgan fingerprint density at radius 2 is 2.19 bits per heavy atom. The largest absolute Gasteiger partial charge is 0.485 e. The summed E-state index contributed by atoms with van der Waals surface area (Å²) in [7, 11) is 0. The van der Waals surface area contributed by atoms with E-state index in [1.807, 2.05) is 12.1 Å². The van der Waals surface area contributed by atoms with Gasteiger partial charge in [-0.3, -0.25) is 14.9 Å². The van der Waals surface area contributed by atoms with Gasteiger partial charge < -0.3 is 10.1 Å². The molecular formula is C19H19N5O2. The Hall–Kier alpha value is -3.22. The van der Waals surface area contributed by atoms with E-state index in [2.05, 4.69) is 25.5 Å². The lowest BCUT2D eigenvalue weighted by Gasteiger charge is -2.21. The van der Waals surface area contributed by atoms with Crippen LogP contribution in [0.15, 0.2) is 49.1 Å². The first-order valence-electron chi connectivity index (χ1n) is 8.61. The molecule has 3 heterocycles. The maximum absolute atomic E-state index is 12.8. The molecule has 2 N–H and O–H groups in total. The highest BCUT2D eigenvalue weighted by Gasteiger charge is 2.28. The lowest BCUT2D eigenvalue weighted by Crippen LogP contribution is -2.25. The monoisotopic (exact) mass is 349 g/mol. The molecule has 132 valence electrons. The van der Waals surface area contributed by atoms with Gasteiger partial charge in [0, 0.05) is 35.4 Å². The molecule has 1 atom stereocenters. The Kier molecular flexibility index (Phi) is 4.59. The third-order valence-corrected chi connectivity index (χ3v) is 4.49. The number of amides is 1. The average Bonchev–Trinajstić information content (AvgIpc) is 3.17. The minimum Gasteiger partial charge on any atom is -0.485 e. The number of H-pyrrole nitrogens is 1. The number of pyridine rings is 2. The van der Waals surface area contributed by atoms with Crippen LogP contribution in [0.4, 0.5) is 5.82 Å². The van der Waals surface area contributed by atoms with Crippen molar-refractivity contribution < 1.29 is 9.53 Å². The summed E-state index contributed by atoms with van der Waals surface area (Å²) < 4.78 is 5.83. The number of carbonyl (C=O) groups excluding carboxylic acids is 1. The summed E-state index contributed by atoms with van der Waals surface area (Å²) in [6, 6.07) is 7.37. The molecule has 0 radical (unpaired) electrons. The minimum atomic E-state index is -0.217. The molecular weight excluding hydrogens is 330 g/mol. The van der Waals surface area contributed by atoms with Gasteiger partial charge in [-0.1, -0.05) is 6.07 Å². The quantitative estimate of drug-likeness (QED) is 0.739. The van der Waals surface area contributed by atoms with Gasteiger partial charge in [-0.05, 0) is 37.5 Å². The third kappa shape index (κ3) is 3.42. The molecule has 7 heteroatoms. The molecule has 0 unspecified atom stereocenters. The SMILES string of the molecule is O=C(Nc1ncccc1OCc1cccnc1)[C@H]1CCCc2[nH]ncc21. The molecule has 0 saturated carbocycles. The Balaban J connectivity index is 1.48. The molecule has 26 heavy (non-hydrogen) atoms. The molecule has 0 bridgehead atoms. The highest BCUT2D eigenvalue weighted by Crippen LogP contribution is 2.32. The van der Waals surface area contributed by atoms with Crippen LogP contribution in [-0.4, -0.2) is 26.1 Å². The molecule has 0 aliphatic heterocycles. The van der Waals surface area contributed by atoms with Gasteiger partial charge >= 0.3 is 0 Å². The van der Waals surface area contributed by atoms with E-state index >= 15 is 0 Å². The topological polar surface area (TPSA) is 92.8 Å². The van der Waals surface area contributed by atoms with Crippen LogP contribution < -0.4 is 10.1 Å². The molecule has 1 aliphatic rings. The molecule has 1 amide bonds. The number of carbonyl (C=O) groups is 1. The smallest absolute Gasteiger partial charge is 0.233 e. The number of ether oxygens (including phenoxy) is 1. The maximum atomic E-state index is 12.8. The zero-order valence-electron chi connectivity index (χ0n) is 14.2. The van der Waals surface area contributed by atoms with E-state index in [1.165, 1.54) is 0 Å². The molecule has 7 nitrogen and oxygen atoms in total. The van der Waals surface area contributed by atoms with Gasteiger partial charge in [-0.15, -0.1) is 0 Å². The van der Waals surface area contributed by atoms with Crippen molar-refractivity contribution in [2.45, 2.75) is 31.8 Å². The van der Waals surface area contributed by atoms with Crippen molar-refractivity contribution in [3.63, 3.8) is 0 Å². The summed E-state index contributed by atoms with van der Waals surface area (Å²) in [4.78, 5) is 21.1. The summed E-state index contributed by atoms with van der Waals surface area (Å²) in [6.45, 7) is 0.359. The third-order valence-electron chi connectivity index (χ3n) is 4.49. The first-order chi connectivity index (χ1) is 12.8. The van der Waals surface area contributed by atoms with Crippen molar-refractivity contribution in [2.75, 3.05) is 5.32 Å². The molecule has 4 rings (SSSR count). The summed E-state index contributed by atoms with van der Waals surface area (Å²) in [5, 5.41) is 9.97. The fourth-order valence-corrected chi connectivity index (χ4v) is 3.18. The number of aromatic nitrogens is 4. The van der Waals surface area contributed by atoms with Gasteiger partial charge in [-0.25, -0.2) is 4.98 Å². The Bertz CT molecular complexity index is 894. The second-order valence-electron chi connectivity index (χ2n) is 6.24. The Labute approximate surface area is 150 Å². The minimum absolute atomic E-state index is 0.0859. The average molecular weight is 349 g/mol. The van der Waals surface area contributed by atoms with Gasteiger partial charge in [0.2, 0.25) is 5.91 Å². The van der Waals surface area contributed by atoms with Crippen LogP contribution >= 0.6 is 0 Å². The zero-order valence-corrected chi connectivity index (χ0v) is 14.2. The van der Waals surface area contributed by atoms with Gasteiger partial charge in [-0.2, -0.15) is 5.10 Å². The molecule has 3 aromatic rings. The van der Waals surface area contributed by atoms with Crippen molar-refractivity contribution in [2.24, 2.45) is 0 Å². The number of fused-ring (bicyclic) bond motifs is 1. The van der Waals surface area contributed by atoms with Crippen LogP contribution in [0, 0.1) is 0 Å². The Morgan fingerprint density at radius 1 is 1.27 bits per heavy atom. The number of nitrogens with one attached hydrogen (secondary N) is 2. The normalized spacial score (nSPS) is 15.9. The van der Waals surface area contributed by atoms with Gasteiger partial charge in [0.25, 0.3) is 0 Å². The van der Waals surface area contributed by atoms with Gasteiger partial charge in [0.1, 0.15) is 6.61 Å². The summed E-state index contributed by atoms with van der Waals surface area (Å²) in [5.74, 6) is 0.660. The second kappa shape index (κ2) is 7.35. The maximum Gasteiger partial charge on any atom is 0.233 e. The molecule has 1 aliphatic carbocycles. The number of rotatable bonds is 5. The van der Waals surface area contributed by atoms with Crippen LogP contribution in [0.1, 0.15) is 35.6 Å². The summed E-state index contributed by atoms with van der Waals surface area (Å²) in [5.41, 5.74) is 2.97. The zero-order chi connectivity index (χ0) is 17.8. The molecule has 0 spiro atoms. The highest BCUT2D eigenvalue weighted by molar-refractivity contribution is 5.96. The van der Waals surface area contributed by atoms with E-state index in [4.69, 9.17) is 4.74 Å². The number of hydrogen-bond acceptors (Lipinski definition) is 5. The van der Waals surface area contributed by atoms with Crippen molar-refractivity contribution in [1.29, 1.82) is 0 Å². The van der Waals surface area contributed by atoms with Crippen LogP contribution in [0.3, 0.4) is 0 Å². The predicted molar refractivity (Wildman–Crippen MR) is 95.7 cm³/mol. The lowest BCUT2D eigenvalue weighted by molar-refractivity contribution is -0.117. The number of nitrogens with zero attached hydrogens (tertiary/aromatic N) is 3. The van der Waals surface area contributed by atoms with E-state index < -0.39 is 0 Å². The van der Waals surface area contributed by atoms with Crippen molar-refractivity contribution in [1.82, 2.24) is 20.2 Å². The molecule has 3 aromatic heterocycles. The molecule has 0 saturated heterocycles. The van der Waals surface area contributed by atoms with Crippen molar-refractivity contribution >= 4 is 11.7 Å². The van der Waals surface area contributed by atoms with Gasteiger partial charge in [0.15, 0.2) is 11.6 Å². The van der Waals surface area contributed by atoms with Crippen LogP contribution in [0.25, 0.3) is 0 Å². The first-order valence-corrected chi connectivity index (χ1v) is 8.61. The van der Waals surface area contributed by atoms with Crippen molar-refractivity contribution in [3.8, 4) is 5.75 Å². The summed E-state index contributed by atoms with van der Waals surface area (Å²) >= 11 is 0. The van der Waals surface area contributed by atoms with Gasteiger partial charge in [0.05, 0.1) is 12.1 Å². The molecule has 0 fully saturated rings. The highest BCUT2D eigenvalue weighted by atomic mass is 16.5. The Morgan fingerprint density at radius 3 is 3.08 bits per heavy atom. The number of aromatic amines is 1. The number of anilines is 1. The van der Waals surface area contributed by atoms with Crippen LogP contribution in [0.5, 0.6) is 5.75 Å². The lowest BCUT2D eigenvalue weighted by atomic mass is 9.86. The predicted octanol–water partition coefficient (Wildman–Crippen LogP) is 2.84. The van der Waals surface area contributed by atoms with E-state index in [9.17, 15) is 4.79 Å². The first kappa shape index (κ1) is 16.3.